The van der Waals surface area contributed by atoms with Crippen molar-refractivity contribution in [1.29, 1.82) is 5.26 Å². The van der Waals surface area contributed by atoms with Crippen molar-refractivity contribution < 1.29 is 0 Å². The maximum absolute atomic E-state index is 8.87. The van der Waals surface area contributed by atoms with Crippen molar-refractivity contribution in [2.75, 3.05) is 18.0 Å². The van der Waals surface area contributed by atoms with Gasteiger partial charge < -0.3 is 9.47 Å². The molecule has 1 saturated heterocycles. The Morgan fingerprint density at radius 3 is 2.91 bits per heavy atom. The second-order valence-electron chi connectivity index (χ2n) is 6.53. The van der Waals surface area contributed by atoms with Gasteiger partial charge in [0.1, 0.15) is 17.6 Å². The third kappa shape index (κ3) is 2.48. The van der Waals surface area contributed by atoms with Crippen molar-refractivity contribution in [2.45, 2.75) is 45.1 Å². The molecule has 0 aromatic carbocycles. The van der Waals surface area contributed by atoms with Crippen molar-refractivity contribution in [1.82, 2.24) is 14.5 Å². The lowest BCUT2D eigenvalue weighted by molar-refractivity contribution is 0.505. The average molecular weight is 307 g/mol. The lowest BCUT2D eigenvalue weighted by Gasteiger charge is -2.22. The summed E-state index contributed by atoms with van der Waals surface area (Å²) in [4.78, 5) is 11.4. The quantitative estimate of drug-likeness (QED) is 0.856. The van der Waals surface area contributed by atoms with Gasteiger partial charge in [-0.2, -0.15) is 5.26 Å². The van der Waals surface area contributed by atoms with Gasteiger partial charge in [0.15, 0.2) is 0 Å². The monoisotopic (exact) mass is 307 g/mol. The van der Waals surface area contributed by atoms with Crippen LogP contribution in [-0.4, -0.2) is 27.6 Å². The minimum atomic E-state index is 0.476. The first kappa shape index (κ1) is 14.3. The van der Waals surface area contributed by atoms with Crippen LogP contribution in [0.2, 0.25) is 0 Å². The minimum absolute atomic E-state index is 0.476. The summed E-state index contributed by atoms with van der Waals surface area (Å²) in [6.07, 6.45) is 7.83. The van der Waals surface area contributed by atoms with Gasteiger partial charge in [0, 0.05) is 18.8 Å². The summed E-state index contributed by atoms with van der Waals surface area (Å²) >= 11 is 0. The third-order valence-corrected chi connectivity index (χ3v) is 5.10. The van der Waals surface area contributed by atoms with Crippen LogP contribution in [0.15, 0.2) is 18.3 Å². The molecule has 1 unspecified atom stereocenters. The molecule has 1 aliphatic heterocycles. The maximum Gasteiger partial charge on any atom is 0.140 e. The number of imidazole rings is 1. The summed E-state index contributed by atoms with van der Waals surface area (Å²) < 4.78 is 2.49. The van der Waals surface area contributed by atoms with E-state index in [0.717, 1.165) is 31.6 Å². The zero-order valence-corrected chi connectivity index (χ0v) is 13.5. The van der Waals surface area contributed by atoms with Gasteiger partial charge in [0.25, 0.3) is 0 Å². The zero-order valence-electron chi connectivity index (χ0n) is 13.5. The molecule has 5 heteroatoms. The number of nitriles is 1. The summed E-state index contributed by atoms with van der Waals surface area (Å²) in [6.45, 7) is 4.17. The van der Waals surface area contributed by atoms with Gasteiger partial charge in [-0.3, -0.25) is 0 Å². The van der Waals surface area contributed by atoms with Crippen molar-refractivity contribution in [2.24, 2.45) is 0 Å². The van der Waals surface area contributed by atoms with Crippen molar-refractivity contribution >= 4 is 5.69 Å². The molecule has 1 aliphatic carbocycles. The van der Waals surface area contributed by atoms with Crippen molar-refractivity contribution in [3.8, 4) is 6.07 Å². The first-order chi connectivity index (χ1) is 11.3. The fraction of sp³-hybridized carbons (Fsp3) is 0.500. The molecular formula is C18H21N5. The molecule has 4 rings (SSSR count). The molecule has 1 fully saturated rings. The number of aromatic nitrogens is 3. The van der Waals surface area contributed by atoms with E-state index in [9.17, 15) is 0 Å². The van der Waals surface area contributed by atoms with E-state index in [1.54, 1.807) is 6.07 Å². The van der Waals surface area contributed by atoms with E-state index in [1.807, 2.05) is 12.3 Å². The lowest BCUT2D eigenvalue weighted by atomic mass is 10.0. The molecule has 23 heavy (non-hydrogen) atoms. The van der Waals surface area contributed by atoms with Crippen LogP contribution in [-0.2, 0) is 12.8 Å². The highest BCUT2D eigenvalue weighted by molar-refractivity contribution is 5.47. The molecule has 0 amide bonds. The van der Waals surface area contributed by atoms with Crippen LogP contribution in [0.5, 0.6) is 0 Å². The Bertz CT molecular complexity index is 753. The fourth-order valence-electron chi connectivity index (χ4n) is 4.01. The first-order valence-corrected chi connectivity index (χ1v) is 8.44. The summed E-state index contributed by atoms with van der Waals surface area (Å²) in [5.74, 6) is 1.17. The number of aryl methyl sites for hydroxylation is 2. The lowest BCUT2D eigenvalue weighted by Crippen LogP contribution is -2.22. The van der Waals surface area contributed by atoms with E-state index in [4.69, 9.17) is 10.2 Å². The Balaban J connectivity index is 1.56. The van der Waals surface area contributed by atoms with Crippen LogP contribution in [0, 0.1) is 18.3 Å². The molecule has 3 heterocycles. The van der Waals surface area contributed by atoms with E-state index in [1.165, 1.54) is 36.5 Å². The molecule has 2 aliphatic rings. The number of fused-ring (bicyclic) bond motifs is 1. The second-order valence-corrected chi connectivity index (χ2v) is 6.53. The van der Waals surface area contributed by atoms with Crippen LogP contribution < -0.4 is 4.90 Å². The number of nitrogens with zero attached hydrogens (tertiary/aromatic N) is 5. The molecule has 0 bridgehead atoms. The van der Waals surface area contributed by atoms with Crippen LogP contribution in [0.25, 0.3) is 0 Å². The minimum Gasteiger partial charge on any atom is -0.368 e. The van der Waals surface area contributed by atoms with E-state index >= 15 is 0 Å². The summed E-state index contributed by atoms with van der Waals surface area (Å²) in [6, 6.07) is 6.38. The predicted molar refractivity (Wildman–Crippen MR) is 88.4 cm³/mol. The maximum atomic E-state index is 8.87. The van der Waals surface area contributed by atoms with Crippen molar-refractivity contribution in [3.05, 3.63) is 41.2 Å². The fourth-order valence-corrected chi connectivity index (χ4v) is 4.01. The van der Waals surface area contributed by atoms with Gasteiger partial charge in [0.05, 0.1) is 23.6 Å². The van der Waals surface area contributed by atoms with Crippen LogP contribution >= 0.6 is 0 Å². The smallest absolute Gasteiger partial charge is 0.140 e. The Labute approximate surface area is 136 Å². The standard InChI is InChI=1S/C18H21N5/c1-13-21-17-4-2-3-5-18(17)23(13)16-8-9-22(12-16)15-7-6-14(10-19)20-11-15/h6-7,11,16H,2-5,8-9,12H2,1H3. The molecule has 0 N–H and O–H groups in total. The Morgan fingerprint density at radius 1 is 1.26 bits per heavy atom. The molecule has 0 radical (unpaired) electrons. The molecule has 5 nitrogen and oxygen atoms in total. The Kier molecular flexibility index (Phi) is 3.53. The zero-order chi connectivity index (χ0) is 15.8. The second kappa shape index (κ2) is 5.69. The highest BCUT2D eigenvalue weighted by Crippen LogP contribution is 2.32. The van der Waals surface area contributed by atoms with Gasteiger partial charge >= 0.3 is 0 Å². The third-order valence-electron chi connectivity index (χ3n) is 5.10. The topological polar surface area (TPSA) is 57.7 Å². The summed E-state index contributed by atoms with van der Waals surface area (Å²) in [5.41, 5.74) is 4.38. The van der Waals surface area contributed by atoms with Gasteiger partial charge in [-0.1, -0.05) is 0 Å². The number of anilines is 1. The molecule has 0 spiro atoms. The van der Waals surface area contributed by atoms with Gasteiger partial charge in [-0.05, 0) is 51.2 Å². The molecule has 0 saturated carbocycles. The Hall–Kier alpha value is -2.35. The molecular weight excluding hydrogens is 286 g/mol. The van der Waals surface area contributed by atoms with Gasteiger partial charge in [0.2, 0.25) is 0 Å². The van der Waals surface area contributed by atoms with Gasteiger partial charge in [-0.25, -0.2) is 9.97 Å². The number of hydrogen-bond donors (Lipinski definition) is 0. The Morgan fingerprint density at radius 2 is 2.13 bits per heavy atom. The van der Waals surface area contributed by atoms with E-state index in [0.29, 0.717) is 11.7 Å². The summed E-state index contributed by atoms with van der Waals surface area (Å²) in [5, 5.41) is 8.87. The van der Waals surface area contributed by atoms with Crippen LogP contribution in [0.3, 0.4) is 0 Å². The predicted octanol–water partition coefficient (Wildman–Crippen LogP) is 2.79. The van der Waals surface area contributed by atoms with Gasteiger partial charge in [-0.15, -0.1) is 0 Å². The molecule has 1 atom stereocenters. The number of hydrogen-bond acceptors (Lipinski definition) is 4. The molecule has 2 aromatic heterocycles. The van der Waals surface area contributed by atoms with Crippen LogP contribution in [0.1, 0.15) is 48.2 Å². The molecule has 2 aromatic rings. The normalized spacial score (nSPS) is 20.3. The highest BCUT2D eigenvalue weighted by atomic mass is 15.2. The van der Waals surface area contributed by atoms with E-state index < -0.39 is 0 Å². The average Bonchev–Trinajstić information content (AvgIpc) is 3.18. The SMILES string of the molecule is Cc1nc2c(n1C1CCN(c3ccc(C#N)nc3)C1)CCCC2. The van der Waals surface area contributed by atoms with E-state index in [-0.39, 0.29) is 0 Å². The van der Waals surface area contributed by atoms with E-state index in [2.05, 4.69) is 27.4 Å². The van der Waals surface area contributed by atoms with Crippen LogP contribution in [0.4, 0.5) is 5.69 Å². The van der Waals surface area contributed by atoms with Crippen molar-refractivity contribution in [3.63, 3.8) is 0 Å². The first-order valence-electron chi connectivity index (χ1n) is 8.44. The highest BCUT2D eigenvalue weighted by Gasteiger charge is 2.29. The largest absolute Gasteiger partial charge is 0.368 e. The summed E-state index contributed by atoms with van der Waals surface area (Å²) in [7, 11) is 0. The molecule has 118 valence electrons. The number of rotatable bonds is 2. The number of pyridine rings is 1.